The molecular formula is C26H28N4OS. The van der Waals surface area contributed by atoms with Crippen LogP contribution in [0.2, 0.25) is 0 Å². The number of thiazole rings is 1. The Kier molecular flexibility index (Phi) is 7.82. The Bertz CT molecular complexity index is 1070. The third-order valence-corrected chi connectivity index (χ3v) is 6.38. The molecule has 1 aliphatic rings. The predicted molar refractivity (Wildman–Crippen MR) is 130 cm³/mol. The summed E-state index contributed by atoms with van der Waals surface area (Å²) in [7, 11) is 0. The lowest BCUT2D eigenvalue weighted by molar-refractivity contribution is 0.101. The molecule has 3 aromatic heterocycles. The van der Waals surface area contributed by atoms with Crippen LogP contribution in [0.3, 0.4) is 0 Å². The third-order valence-electron chi connectivity index (χ3n) is 5.69. The average Bonchev–Trinajstić information content (AvgIpc) is 3.54. The summed E-state index contributed by atoms with van der Waals surface area (Å²) in [5, 5.41) is 5.21. The Morgan fingerprint density at radius 2 is 1.75 bits per heavy atom. The van der Waals surface area contributed by atoms with Crippen LogP contribution in [0.5, 0.6) is 0 Å². The molecule has 1 saturated carbocycles. The zero-order valence-corrected chi connectivity index (χ0v) is 18.9. The summed E-state index contributed by atoms with van der Waals surface area (Å²) in [5.41, 5.74) is 3.26. The van der Waals surface area contributed by atoms with Gasteiger partial charge < -0.3 is 4.57 Å². The molecule has 4 aromatic rings. The van der Waals surface area contributed by atoms with Crippen LogP contribution in [0.15, 0.2) is 84.8 Å². The molecule has 5 nitrogen and oxygen atoms in total. The van der Waals surface area contributed by atoms with E-state index in [0.717, 1.165) is 11.5 Å². The van der Waals surface area contributed by atoms with Gasteiger partial charge in [0.2, 0.25) is 0 Å². The van der Waals surface area contributed by atoms with Gasteiger partial charge in [0.1, 0.15) is 5.69 Å². The Morgan fingerprint density at radius 3 is 2.47 bits per heavy atom. The first-order chi connectivity index (χ1) is 15.8. The van der Waals surface area contributed by atoms with Crippen LogP contribution in [-0.4, -0.2) is 20.4 Å². The normalized spacial score (nSPS) is 13.8. The van der Waals surface area contributed by atoms with E-state index in [9.17, 15) is 4.79 Å². The maximum atomic E-state index is 12.2. The second kappa shape index (κ2) is 11.4. The molecule has 6 heteroatoms. The number of pyridine rings is 1. The first-order valence-electron chi connectivity index (χ1n) is 11.1. The molecule has 1 aliphatic carbocycles. The summed E-state index contributed by atoms with van der Waals surface area (Å²) in [6, 6.07) is 18.5. The highest BCUT2D eigenvalue weighted by atomic mass is 32.1. The molecule has 0 atom stereocenters. The number of benzene rings is 1. The van der Waals surface area contributed by atoms with Crippen LogP contribution >= 0.6 is 11.3 Å². The molecule has 3 heterocycles. The van der Waals surface area contributed by atoms with Crippen molar-refractivity contribution in [3.05, 3.63) is 102 Å². The van der Waals surface area contributed by atoms with Crippen molar-refractivity contribution < 1.29 is 4.79 Å². The molecule has 1 amide bonds. The summed E-state index contributed by atoms with van der Waals surface area (Å²) in [6.07, 6.45) is 14.2. The first-order valence-corrected chi connectivity index (χ1v) is 12.0. The summed E-state index contributed by atoms with van der Waals surface area (Å²) in [4.78, 5) is 20.2. The lowest BCUT2D eigenvalue weighted by Crippen LogP contribution is -2.17. The molecule has 0 radical (unpaired) electrons. The minimum atomic E-state index is -0.154. The van der Waals surface area contributed by atoms with Gasteiger partial charge in [-0.3, -0.25) is 15.1 Å². The highest BCUT2D eigenvalue weighted by molar-refractivity contribution is 7.13. The fourth-order valence-electron chi connectivity index (χ4n) is 4.05. The Hall–Kier alpha value is -3.25. The maximum Gasteiger partial charge on any atom is 0.274 e. The van der Waals surface area contributed by atoms with Gasteiger partial charge in [-0.2, -0.15) is 0 Å². The number of carbonyl (C=O) groups excluding carboxylic acids is 1. The predicted octanol–water partition coefficient (Wildman–Crippen LogP) is 6.37. The molecule has 1 aromatic carbocycles. The van der Waals surface area contributed by atoms with Crippen molar-refractivity contribution in [3.63, 3.8) is 0 Å². The van der Waals surface area contributed by atoms with Gasteiger partial charge in [-0.1, -0.05) is 49.6 Å². The van der Waals surface area contributed by atoms with E-state index in [-0.39, 0.29) is 5.91 Å². The van der Waals surface area contributed by atoms with E-state index in [1.54, 1.807) is 30.2 Å². The second-order valence-corrected chi connectivity index (χ2v) is 8.81. The van der Waals surface area contributed by atoms with E-state index in [2.05, 4.69) is 45.6 Å². The monoisotopic (exact) mass is 444 g/mol. The summed E-state index contributed by atoms with van der Waals surface area (Å²) in [5.74, 6) is 0.707. The minimum absolute atomic E-state index is 0.154. The van der Waals surface area contributed by atoms with E-state index < -0.39 is 0 Å². The SMILES string of the molecule is O=C(Nc1nccs1)c1cccn1Cc1ccncc1.c1ccc(C2CCCCC2)cc1. The molecule has 0 bridgehead atoms. The Labute approximate surface area is 193 Å². The number of rotatable bonds is 5. The van der Waals surface area contributed by atoms with Gasteiger partial charge in [0.25, 0.3) is 5.91 Å². The van der Waals surface area contributed by atoms with E-state index in [1.165, 1.54) is 43.4 Å². The fraction of sp³-hybridized carbons (Fsp3) is 0.269. The van der Waals surface area contributed by atoms with Crippen LogP contribution in [0.1, 0.15) is 59.6 Å². The van der Waals surface area contributed by atoms with Gasteiger partial charge in [-0.15, -0.1) is 11.3 Å². The quantitative estimate of drug-likeness (QED) is 0.389. The summed E-state index contributed by atoms with van der Waals surface area (Å²) in [6.45, 7) is 0.635. The van der Waals surface area contributed by atoms with E-state index in [1.807, 2.05) is 34.3 Å². The smallest absolute Gasteiger partial charge is 0.274 e. The van der Waals surface area contributed by atoms with Crippen LogP contribution in [0, 0.1) is 0 Å². The van der Waals surface area contributed by atoms with Gasteiger partial charge in [0.05, 0.1) is 0 Å². The van der Waals surface area contributed by atoms with Crippen LogP contribution in [-0.2, 0) is 6.54 Å². The third kappa shape index (κ3) is 6.14. The van der Waals surface area contributed by atoms with Crippen molar-refractivity contribution in [2.45, 2.75) is 44.6 Å². The number of carbonyl (C=O) groups is 1. The van der Waals surface area contributed by atoms with Crippen molar-refractivity contribution in [1.29, 1.82) is 0 Å². The fourth-order valence-corrected chi connectivity index (χ4v) is 4.57. The molecule has 5 rings (SSSR count). The molecule has 0 spiro atoms. The van der Waals surface area contributed by atoms with Crippen molar-refractivity contribution in [2.75, 3.05) is 5.32 Å². The van der Waals surface area contributed by atoms with E-state index in [0.29, 0.717) is 17.4 Å². The molecule has 1 fully saturated rings. The first kappa shape index (κ1) is 22.0. The van der Waals surface area contributed by atoms with Crippen LogP contribution < -0.4 is 5.32 Å². The number of amides is 1. The van der Waals surface area contributed by atoms with Crippen molar-refractivity contribution in [1.82, 2.24) is 14.5 Å². The van der Waals surface area contributed by atoms with Gasteiger partial charge in [0, 0.05) is 36.7 Å². The number of hydrogen-bond acceptors (Lipinski definition) is 4. The molecule has 0 aliphatic heterocycles. The summed E-state index contributed by atoms with van der Waals surface area (Å²) < 4.78 is 1.90. The number of nitrogens with one attached hydrogen (secondary N) is 1. The maximum absolute atomic E-state index is 12.2. The van der Waals surface area contributed by atoms with Crippen LogP contribution in [0.4, 0.5) is 5.13 Å². The summed E-state index contributed by atoms with van der Waals surface area (Å²) >= 11 is 1.40. The van der Waals surface area contributed by atoms with E-state index in [4.69, 9.17) is 0 Å². The molecular weight excluding hydrogens is 416 g/mol. The highest BCUT2D eigenvalue weighted by Crippen LogP contribution is 2.32. The van der Waals surface area contributed by atoms with Crippen molar-refractivity contribution in [2.24, 2.45) is 0 Å². The number of hydrogen-bond donors (Lipinski definition) is 1. The number of anilines is 1. The van der Waals surface area contributed by atoms with Crippen LogP contribution in [0.25, 0.3) is 0 Å². The van der Waals surface area contributed by atoms with Crippen molar-refractivity contribution >= 4 is 22.4 Å². The van der Waals surface area contributed by atoms with Gasteiger partial charge in [0.15, 0.2) is 5.13 Å². The van der Waals surface area contributed by atoms with Crippen molar-refractivity contribution in [3.8, 4) is 0 Å². The Balaban J connectivity index is 0.000000174. The number of aromatic nitrogens is 3. The second-order valence-electron chi connectivity index (χ2n) is 7.91. The minimum Gasteiger partial charge on any atom is -0.339 e. The van der Waals surface area contributed by atoms with Gasteiger partial charge in [-0.25, -0.2) is 4.98 Å². The lowest BCUT2D eigenvalue weighted by atomic mass is 9.84. The zero-order chi connectivity index (χ0) is 22.0. The molecule has 0 unspecified atom stereocenters. The van der Waals surface area contributed by atoms with E-state index >= 15 is 0 Å². The topological polar surface area (TPSA) is 59.8 Å². The molecule has 164 valence electrons. The molecule has 0 saturated heterocycles. The number of nitrogens with zero attached hydrogens (tertiary/aromatic N) is 3. The van der Waals surface area contributed by atoms with Gasteiger partial charge in [-0.05, 0) is 54.2 Å². The standard InChI is InChI=1S/C14H12N4OS.C12H16/c19-13(17-14-16-7-9-20-14)12-2-1-8-18(12)10-11-3-5-15-6-4-11;1-3-7-11(8-4-1)12-9-5-2-6-10-12/h1-9H,10H2,(H,16,17,19);1,3-4,7-8,12H,2,5-6,9-10H2. The molecule has 1 N–H and O–H groups in total. The lowest BCUT2D eigenvalue weighted by Gasteiger charge is -2.21. The zero-order valence-electron chi connectivity index (χ0n) is 18.1. The molecule has 32 heavy (non-hydrogen) atoms. The highest BCUT2D eigenvalue weighted by Gasteiger charge is 2.14. The average molecular weight is 445 g/mol. The van der Waals surface area contributed by atoms with Gasteiger partial charge >= 0.3 is 0 Å². The Morgan fingerprint density at radius 1 is 0.969 bits per heavy atom. The largest absolute Gasteiger partial charge is 0.339 e.